The van der Waals surface area contributed by atoms with Crippen LogP contribution < -0.4 is 0 Å². The number of benzene rings is 1. The Morgan fingerprint density at radius 3 is 2.60 bits per heavy atom. The number of thiophene rings is 1. The van der Waals surface area contributed by atoms with Crippen molar-refractivity contribution in [2.75, 3.05) is 0 Å². The molecular weight excluding hydrogens is 264 g/mol. The molecule has 0 radical (unpaired) electrons. The van der Waals surface area contributed by atoms with E-state index in [9.17, 15) is 4.79 Å². The van der Waals surface area contributed by atoms with Crippen LogP contribution in [-0.4, -0.2) is 5.78 Å². The fraction of sp³-hybridized carbons (Fsp3) is 0.389. The van der Waals surface area contributed by atoms with E-state index in [1.807, 2.05) is 18.2 Å². The van der Waals surface area contributed by atoms with Crippen LogP contribution in [0.3, 0.4) is 0 Å². The Hall–Kier alpha value is -1.41. The van der Waals surface area contributed by atoms with E-state index in [0.29, 0.717) is 0 Å². The molecule has 1 heterocycles. The Morgan fingerprint density at radius 1 is 1.00 bits per heavy atom. The zero-order valence-electron chi connectivity index (χ0n) is 12.2. The highest BCUT2D eigenvalue weighted by Crippen LogP contribution is 2.30. The third-order valence-corrected chi connectivity index (χ3v) is 5.48. The lowest BCUT2D eigenvalue weighted by molar-refractivity contribution is 0.104. The first-order chi connectivity index (χ1) is 9.65. The molecule has 1 aromatic heterocycles. The van der Waals surface area contributed by atoms with Gasteiger partial charge in [0.05, 0.1) is 4.88 Å². The molecular formula is C18H20OS. The van der Waals surface area contributed by atoms with E-state index in [-0.39, 0.29) is 5.78 Å². The van der Waals surface area contributed by atoms with E-state index in [2.05, 4.69) is 19.9 Å². The molecule has 1 aliphatic carbocycles. The molecule has 0 atom stereocenters. The summed E-state index contributed by atoms with van der Waals surface area (Å²) in [6, 6.07) is 8.15. The number of fused-ring (bicyclic) bond motifs is 1. The Morgan fingerprint density at radius 2 is 1.80 bits per heavy atom. The van der Waals surface area contributed by atoms with Crippen LogP contribution >= 0.6 is 11.3 Å². The van der Waals surface area contributed by atoms with E-state index in [1.165, 1.54) is 40.8 Å². The summed E-state index contributed by atoms with van der Waals surface area (Å²) in [7, 11) is 0. The zero-order chi connectivity index (χ0) is 14.1. The number of carbonyl (C=O) groups is 1. The van der Waals surface area contributed by atoms with Gasteiger partial charge in [0.25, 0.3) is 0 Å². The molecule has 0 fully saturated rings. The number of aryl methyl sites for hydroxylation is 4. The van der Waals surface area contributed by atoms with Crippen LogP contribution in [0.5, 0.6) is 0 Å². The fourth-order valence-corrected chi connectivity index (χ4v) is 4.02. The highest BCUT2D eigenvalue weighted by Gasteiger charge is 2.17. The van der Waals surface area contributed by atoms with Crippen molar-refractivity contribution in [1.82, 2.24) is 0 Å². The molecule has 0 unspecified atom stereocenters. The van der Waals surface area contributed by atoms with Gasteiger partial charge in [-0.3, -0.25) is 4.79 Å². The molecule has 0 aliphatic heterocycles. The third-order valence-electron chi connectivity index (χ3n) is 4.24. The summed E-state index contributed by atoms with van der Waals surface area (Å²) in [5.74, 6) is 0.186. The average molecular weight is 284 g/mol. The van der Waals surface area contributed by atoms with E-state index < -0.39 is 0 Å². The van der Waals surface area contributed by atoms with Crippen molar-refractivity contribution in [1.29, 1.82) is 0 Å². The van der Waals surface area contributed by atoms with Crippen LogP contribution in [0, 0.1) is 13.8 Å². The lowest BCUT2D eigenvalue weighted by atomic mass is 10.0. The summed E-state index contributed by atoms with van der Waals surface area (Å²) in [6.07, 6.45) is 6.15. The van der Waals surface area contributed by atoms with E-state index in [4.69, 9.17) is 0 Å². The average Bonchev–Trinajstić information content (AvgIpc) is 2.72. The van der Waals surface area contributed by atoms with Gasteiger partial charge in [0, 0.05) is 10.4 Å². The van der Waals surface area contributed by atoms with Crippen molar-refractivity contribution in [2.45, 2.75) is 46.0 Å². The first-order valence-corrected chi connectivity index (χ1v) is 8.20. The molecule has 3 rings (SSSR count). The van der Waals surface area contributed by atoms with Gasteiger partial charge < -0.3 is 0 Å². The third kappa shape index (κ3) is 2.57. The monoisotopic (exact) mass is 284 g/mol. The molecule has 2 heteroatoms. The van der Waals surface area contributed by atoms with Crippen molar-refractivity contribution in [3.63, 3.8) is 0 Å². The molecule has 104 valence electrons. The normalized spacial score (nSPS) is 14.7. The maximum atomic E-state index is 12.6. The minimum absolute atomic E-state index is 0.186. The van der Waals surface area contributed by atoms with Crippen LogP contribution in [0.1, 0.15) is 56.1 Å². The molecule has 20 heavy (non-hydrogen) atoms. The van der Waals surface area contributed by atoms with Gasteiger partial charge in [-0.05, 0) is 68.4 Å². The molecule has 0 bridgehead atoms. The summed E-state index contributed by atoms with van der Waals surface area (Å²) in [4.78, 5) is 15.0. The summed E-state index contributed by atoms with van der Waals surface area (Å²) >= 11 is 1.71. The summed E-state index contributed by atoms with van der Waals surface area (Å²) < 4.78 is 0. The largest absolute Gasteiger partial charge is 0.288 e. The number of hydrogen-bond donors (Lipinski definition) is 0. The molecule has 1 aliphatic rings. The van der Waals surface area contributed by atoms with Gasteiger partial charge >= 0.3 is 0 Å². The number of ketones is 1. The second kappa shape index (κ2) is 5.53. The van der Waals surface area contributed by atoms with Crippen molar-refractivity contribution in [2.24, 2.45) is 0 Å². The second-order valence-corrected chi connectivity index (χ2v) is 6.88. The Labute approximate surface area is 124 Å². The minimum atomic E-state index is 0.186. The van der Waals surface area contributed by atoms with Crippen molar-refractivity contribution >= 4 is 17.1 Å². The molecule has 0 saturated heterocycles. The molecule has 0 amide bonds. The topological polar surface area (TPSA) is 17.1 Å². The summed E-state index contributed by atoms with van der Waals surface area (Å²) in [5, 5.41) is 0. The second-order valence-electron chi connectivity index (χ2n) is 5.75. The quantitative estimate of drug-likeness (QED) is 0.568. The van der Waals surface area contributed by atoms with Gasteiger partial charge in [0.2, 0.25) is 5.78 Å². The van der Waals surface area contributed by atoms with Gasteiger partial charge in [-0.1, -0.05) is 18.6 Å². The number of rotatable bonds is 2. The Balaban J connectivity index is 1.92. The van der Waals surface area contributed by atoms with E-state index in [0.717, 1.165) is 23.3 Å². The zero-order valence-corrected chi connectivity index (χ0v) is 13.0. The van der Waals surface area contributed by atoms with E-state index in [1.54, 1.807) is 11.3 Å². The lowest BCUT2D eigenvalue weighted by Gasteiger charge is -2.03. The minimum Gasteiger partial charge on any atom is -0.288 e. The van der Waals surface area contributed by atoms with Crippen LogP contribution in [0.2, 0.25) is 0 Å². The summed E-state index contributed by atoms with van der Waals surface area (Å²) in [6.45, 7) is 4.15. The Bertz CT molecular complexity index is 628. The lowest BCUT2D eigenvalue weighted by Crippen LogP contribution is -1.99. The molecule has 1 aromatic carbocycles. The first kappa shape index (κ1) is 13.6. The molecule has 0 spiro atoms. The van der Waals surface area contributed by atoms with Crippen molar-refractivity contribution < 1.29 is 4.79 Å². The Kier molecular flexibility index (Phi) is 3.75. The fourth-order valence-electron chi connectivity index (χ4n) is 2.80. The van der Waals surface area contributed by atoms with Gasteiger partial charge in [-0.25, -0.2) is 0 Å². The predicted octanol–water partition coefficient (Wildman–Crippen LogP) is 4.86. The molecule has 1 nitrogen and oxygen atoms in total. The van der Waals surface area contributed by atoms with Gasteiger partial charge in [0.15, 0.2) is 0 Å². The smallest absolute Gasteiger partial charge is 0.202 e. The highest BCUT2D eigenvalue weighted by atomic mass is 32.1. The van der Waals surface area contributed by atoms with Crippen LogP contribution in [0.25, 0.3) is 0 Å². The van der Waals surface area contributed by atoms with Gasteiger partial charge in [-0.2, -0.15) is 0 Å². The summed E-state index contributed by atoms with van der Waals surface area (Å²) in [5.41, 5.74) is 4.67. The van der Waals surface area contributed by atoms with Crippen LogP contribution in [-0.2, 0) is 12.8 Å². The highest BCUT2D eigenvalue weighted by molar-refractivity contribution is 7.14. The standard InChI is InChI=1S/C18H20OS/c1-12-8-9-15(10-13(12)2)18(19)17-11-14-6-4-3-5-7-16(14)20-17/h8-11H,3-7H2,1-2H3. The molecule has 0 saturated carbocycles. The van der Waals surface area contributed by atoms with E-state index >= 15 is 0 Å². The maximum absolute atomic E-state index is 12.6. The van der Waals surface area contributed by atoms with Crippen molar-refractivity contribution in [3.05, 3.63) is 56.3 Å². The first-order valence-electron chi connectivity index (χ1n) is 7.38. The maximum Gasteiger partial charge on any atom is 0.202 e. The predicted molar refractivity (Wildman–Crippen MR) is 84.9 cm³/mol. The van der Waals surface area contributed by atoms with Gasteiger partial charge in [0.1, 0.15) is 0 Å². The van der Waals surface area contributed by atoms with Crippen LogP contribution in [0.15, 0.2) is 24.3 Å². The SMILES string of the molecule is Cc1ccc(C(=O)c2cc3c(s2)CCCCC3)cc1C. The molecule has 0 N–H and O–H groups in total. The van der Waals surface area contributed by atoms with Crippen LogP contribution in [0.4, 0.5) is 0 Å². The number of carbonyl (C=O) groups excluding carboxylic acids is 1. The molecule has 2 aromatic rings. The van der Waals surface area contributed by atoms with Crippen molar-refractivity contribution in [3.8, 4) is 0 Å². The van der Waals surface area contributed by atoms with Gasteiger partial charge in [-0.15, -0.1) is 11.3 Å². The number of hydrogen-bond acceptors (Lipinski definition) is 2.